The van der Waals surface area contributed by atoms with Crippen molar-refractivity contribution < 1.29 is 9.90 Å². The van der Waals surface area contributed by atoms with E-state index in [-0.39, 0.29) is 11.7 Å². The van der Waals surface area contributed by atoms with Gasteiger partial charge in [0.05, 0.1) is 5.56 Å². The molecule has 1 aliphatic rings. The second kappa shape index (κ2) is 6.28. The van der Waals surface area contributed by atoms with E-state index in [1.165, 1.54) is 17.7 Å². The van der Waals surface area contributed by atoms with Crippen molar-refractivity contribution >= 4 is 23.1 Å². The van der Waals surface area contributed by atoms with Crippen LogP contribution < -0.4 is 10.2 Å². The number of nitrogens with one attached hydrogen (secondary N) is 1. The first-order chi connectivity index (χ1) is 12.2. The summed E-state index contributed by atoms with van der Waals surface area (Å²) in [5.41, 5.74) is 3.50. The first-order valence-electron chi connectivity index (χ1n) is 8.13. The number of carbonyl (C=O) groups is 1. The van der Waals surface area contributed by atoms with Crippen molar-refractivity contribution in [2.75, 3.05) is 16.8 Å². The molecule has 4 rings (SSSR count). The van der Waals surface area contributed by atoms with Crippen LogP contribution in [0.5, 0.6) is 5.75 Å². The number of benzene rings is 2. The molecule has 25 heavy (non-hydrogen) atoms. The Labute approximate surface area is 145 Å². The fourth-order valence-corrected chi connectivity index (χ4v) is 3.09. The van der Waals surface area contributed by atoms with Crippen molar-refractivity contribution in [3.05, 3.63) is 78.0 Å². The summed E-state index contributed by atoms with van der Waals surface area (Å²) < 4.78 is 0. The van der Waals surface area contributed by atoms with Crippen LogP contribution in [0.15, 0.2) is 66.9 Å². The number of pyridine rings is 1. The van der Waals surface area contributed by atoms with Crippen LogP contribution in [-0.2, 0) is 6.42 Å². The zero-order chi connectivity index (χ0) is 17.2. The van der Waals surface area contributed by atoms with Gasteiger partial charge in [-0.15, -0.1) is 0 Å². The average molecular weight is 331 g/mol. The van der Waals surface area contributed by atoms with Gasteiger partial charge in [-0.2, -0.15) is 0 Å². The zero-order valence-electron chi connectivity index (χ0n) is 13.5. The summed E-state index contributed by atoms with van der Waals surface area (Å²) in [6.45, 7) is 0.801. The molecule has 0 atom stereocenters. The minimum absolute atomic E-state index is 0.161. The standard InChI is InChI=1S/C20H17N3O2/c24-16-9-7-15(8-10-16)22-20(25)17-5-3-12-21-19(17)23-13-11-14-4-1-2-6-18(14)23/h1-10,12,24H,11,13H2,(H,22,25). The van der Waals surface area contributed by atoms with Gasteiger partial charge in [0.15, 0.2) is 0 Å². The topological polar surface area (TPSA) is 65.5 Å². The lowest BCUT2D eigenvalue weighted by Gasteiger charge is -2.21. The van der Waals surface area contributed by atoms with Gasteiger partial charge in [-0.1, -0.05) is 18.2 Å². The van der Waals surface area contributed by atoms with E-state index in [0.717, 1.165) is 18.7 Å². The van der Waals surface area contributed by atoms with E-state index >= 15 is 0 Å². The lowest BCUT2D eigenvalue weighted by atomic mass is 10.1. The number of amides is 1. The fourth-order valence-electron chi connectivity index (χ4n) is 3.09. The Morgan fingerprint density at radius 1 is 1.04 bits per heavy atom. The molecule has 2 heterocycles. The molecule has 5 heteroatoms. The molecule has 0 spiro atoms. The smallest absolute Gasteiger partial charge is 0.259 e. The van der Waals surface area contributed by atoms with E-state index in [2.05, 4.69) is 27.3 Å². The number of nitrogens with zero attached hydrogens (tertiary/aromatic N) is 2. The lowest BCUT2D eigenvalue weighted by molar-refractivity contribution is 0.102. The summed E-state index contributed by atoms with van der Waals surface area (Å²) in [5, 5.41) is 12.2. The molecule has 3 aromatic rings. The fraction of sp³-hybridized carbons (Fsp3) is 0.100. The molecule has 1 aromatic heterocycles. The van der Waals surface area contributed by atoms with Gasteiger partial charge in [-0.25, -0.2) is 4.98 Å². The number of carbonyl (C=O) groups excluding carboxylic acids is 1. The molecule has 5 nitrogen and oxygen atoms in total. The van der Waals surface area contributed by atoms with Gasteiger partial charge in [-0.05, 0) is 54.4 Å². The van der Waals surface area contributed by atoms with Gasteiger partial charge in [0, 0.05) is 24.1 Å². The number of hydrogen-bond donors (Lipinski definition) is 2. The van der Waals surface area contributed by atoms with Crippen molar-refractivity contribution in [2.24, 2.45) is 0 Å². The van der Waals surface area contributed by atoms with Crippen LogP contribution in [0.1, 0.15) is 15.9 Å². The molecule has 2 aromatic carbocycles. The number of anilines is 3. The zero-order valence-corrected chi connectivity index (χ0v) is 13.5. The molecule has 2 N–H and O–H groups in total. The van der Waals surface area contributed by atoms with Crippen molar-refractivity contribution in [2.45, 2.75) is 6.42 Å². The maximum atomic E-state index is 12.7. The Morgan fingerprint density at radius 2 is 1.84 bits per heavy atom. The number of fused-ring (bicyclic) bond motifs is 1. The van der Waals surface area contributed by atoms with Crippen molar-refractivity contribution in [1.82, 2.24) is 4.98 Å². The number of phenols is 1. The van der Waals surface area contributed by atoms with Crippen molar-refractivity contribution in [1.29, 1.82) is 0 Å². The first-order valence-corrected chi connectivity index (χ1v) is 8.13. The minimum atomic E-state index is -0.224. The van der Waals surface area contributed by atoms with E-state index in [9.17, 15) is 9.90 Å². The Hall–Kier alpha value is -3.34. The second-order valence-electron chi connectivity index (χ2n) is 5.91. The molecule has 1 aliphatic heterocycles. The predicted molar refractivity (Wildman–Crippen MR) is 97.4 cm³/mol. The molecule has 0 fully saturated rings. The van der Waals surface area contributed by atoms with E-state index in [1.54, 1.807) is 30.5 Å². The summed E-state index contributed by atoms with van der Waals surface area (Å²) >= 11 is 0. The third kappa shape index (κ3) is 2.92. The highest BCUT2D eigenvalue weighted by Gasteiger charge is 2.25. The SMILES string of the molecule is O=C(Nc1ccc(O)cc1)c1cccnc1N1CCc2ccccc21. The summed E-state index contributed by atoms with van der Waals surface area (Å²) in [6.07, 6.45) is 2.64. The van der Waals surface area contributed by atoms with Crippen LogP contribution in [0.4, 0.5) is 17.2 Å². The summed E-state index contributed by atoms with van der Waals surface area (Å²) in [6, 6.07) is 18.1. The van der Waals surface area contributed by atoms with Crippen LogP contribution in [0, 0.1) is 0 Å². The van der Waals surface area contributed by atoms with Crippen LogP contribution in [0.3, 0.4) is 0 Å². The molecule has 0 saturated carbocycles. The maximum Gasteiger partial charge on any atom is 0.259 e. The number of hydrogen-bond acceptors (Lipinski definition) is 4. The van der Waals surface area contributed by atoms with Gasteiger partial charge in [0.2, 0.25) is 0 Å². The predicted octanol–water partition coefficient (Wildman–Crippen LogP) is 3.73. The number of phenolic OH excluding ortho intramolecular Hbond substituents is 1. The number of aromatic hydroxyl groups is 1. The third-order valence-electron chi connectivity index (χ3n) is 4.30. The Balaban J connectivity index is 1.66. The summed E-state index contributed by atoms with van der Waals surface area (Å²) in [7, 11) is 0. The highest BCUT2D eigenvalue weighted by atomic mass is 16.3. The normalized spacial score (nSPS) is 12.7. The maximum absolute atomic E-state index is 12.7. The monoisotopic (exact) mass is 331 g/mol. The van der Waals surface area contributed by atoms with E-state index in [1.807, 2.05) is 12.1 Å². The first kappa shape index (κ1) is 15.2. The summed E-state index contributed by atoms with van der Waals surface area (Å²) in [5.74, 6) is 0.593. The molecule has 0 unspecified atom stereocenters. The highest BCUT2D eigenvalue weighted by molar-refractivity contribution is 6.08. The van der Waals surface area contributed by atoms with Gasteiger partial charge >= 0.3 is 0 Å². The van der Waals surface area contributed by atoms with Gasteiger partial charge in [0.25, 0.3) is 5.91 Å². The molecular formula is C20H17N3O2. The van der Waals surface area contributed by atoms with Crippen molar-refractivity contribution in [3.63, 3.8) is 0 Å². The van der Waals surface area contributed by atoms with Gasteiger partial charge in [-0.3, -0.25) is 4.79 Å². The average Bonchev–Trinajstić information content (AvgIpc) is 3.07. The molecule has 1 amide bonds. The van der Waals surface area contributed by atoms with Crippen LogP contribution >= 0.6 is 0 Å². The largest absolute Gasteiger partial charge is 0.508 e. The van der Waals surface area contributed by atoms with E-state index in [0.29, 0.717) is 17.1 Å². The van der Waals surface area contributed by atoms with Gasteiger partial charge < -0.3 is 15.3 Å². The molecule has 0 aliphatic carbocycles. The Bertz CT molecular complexity index is 922. The van der Waals surface area contributed by atoms with Crippen LogP contribution in [0.2, 0.25) is 0 Å². The molecule has 0 saturated heterocycles. The molecule has 124 valence electrons. The Morgan fingerprint density at radius 3 is 2.68 bits per heavy atom. The highest BCUT2D eigenvalue weighted by Crippen LogP contribution is 2.34. The lowest BCUT2D eigenvalue weighted by Crippen LogP contribution is -2.21. The summed E-state index contributed by atoms with van der Waals surface area (Å²) in [4.78, 5) is 19.3. The van der Waals surface area contributed by atoms with Crippen LogP contribution in [0.25, 0.3) is 0 Å². The van der Waals surface area contributed by atoms with Crippen molar-refractivity contribution in [3.8, 4) is 5.75 Å². The Kier molecular flexibility index (Phi) is 3.82. The van der Waals surface area contributed by atoms with E-state index in [4.69, 9.17) is 0 Å². The number of aromatic nitrogens is 1. The minimum Gasteiger partial charge on any atom is -0.508 e. The number of para-hydroxylation sites is 1. The van der Waals surface area contributed by atoms with E-state index < -0.39 is 0 Å². The third-order valence-corrected chi connectivity index (χ3v) is 4.30. The molecule has 0 radical (unpaired) electrons. The molecule has 0 bridgehead atoms. The second-order valence-corrected chi connectivity index (χ2v) is 5.91. The number of rotatable bonds is 3. The quantitative estimate of drug-likeness (QED) is 0.718. The van der Waals surface area contributed by atoms with Gasteiger partial charge in [0.1, 0.15) is 11.6 Å². The molecular weight excluding hydrogens is 314 g/mol. The van der Waals surface area contributed by atoms with Crippen LogP contribution in [-0.4, -0.2) is 22.5 Å².